The quantitative estimate of drug-likeness (QED) is 0.905. The Balaban J connectivity index is 1.82. The van der Waals surface area contributed by atoms with E-state index in [0.717, 1.165) is 13.0 Å². The van der Waals surface area contributed by atoms with E-state index in [1.807, 2.05) is 33.3 Å². The topological polar surface area (TPSA) is 56.2 Å². The Hall–Kier alpha value is -1.52. The standard InChI is InChI=1S/C17H29N3O2/c1-16(2,3)22-15(21)19-10-7-14-11-18-13-20(14)12-17(4)8-5-6-9-17/h11,13H,5-10,12H2,1-4H3,(H,19,21). The van der Waals surface area contributed by atoms with Gasteiger partial charge in [0.2, 0.25) is 0 Å². The molecule has 1 heterocycles. The minimum Gasteiger partial charge on any atom is -0.444 e. The van der Waals surface area contributed by atoms with Crippen LogP contribution >= 0.6 is 0 Å². The number of nitrogens with zero attached hydrogens (tertiary/aromatic N) is 2. The summed E-state index contributed by atoms with van der Waals surface area (Å²) in [5.41, 5.74) is 1.11. The third-order valence-corrected chi connectivity index (χ3v) is 4.21. The molecule has 0 spiro atoms. The van der Waals surface area contributed by atoms with Crippen molar-refractivity contribution in [2.24, 2.45) is 5.41 Å². The van der Waals surface area contributed by atoms with Gasteiger partial charge in [-0.15, -0.1) is 0 Å². The summed E-state index contributed by atoms with van der Waals surface area (Å²) >= 11 is 0. The van der Waals surface area contributed by atoms with Crippen molar-refractivity contribution < 1.29 is 9.53 Å². The van der Waals surface area contributed by atoms with Gasteiger partial charge in [-0.25, -0.2) is 9.78 Å². The summed E-state index contributed by atoms with van der Waals surface area (Å²) in [6.07, 6.45) is 9.47. The molecule has 5 nitrogen and oxygen atoms in total. The number of alkyl carbamates (subject to hydrolysis) is 1. The monoisotopic (exact) mass is 307 g/mol. The molecule has 1 aliphatic rings. The average molecular weight is 307 g/mol. The lowest BCUT2D eigenvalue weighted by molar-refractivity contribution is 0.0528. The van der Waals surface area contributed by atoms with Gasteiger partial charge in [0.1, 0.15) is 5.60 Å². The predicted molar refractivity (Wildman–Crippen MR) is 86.7 cm³/mol. The first-order valence-corrected chi connectivity index (χ1v) is 8.23. The highest BCUT2D eigenvalue weighted by molar-refractivity contribution is 5.67. The Morgan fingerprint density at radius 1 is 1.41 bits per heavy atom. The van der Waals surface area contributed by atoms with E-state index in [4.69, 9.17) is 4.74 Å². The molecule has 0 bridgehead atoms. The smallest absolute Gasteiger partial charge is 0.407 e. The lowest BCUT2D eigenvalue weighted by Gasteiger charge is -2.25. The van der Waals surface area contributed by atoms with Gasteiger partial charge in [-0.3, -0.25) is 0 Å². The maximum atomic E-state index is 11.6. The lowest BCUT2D eigenvalue weighted by Crippen LogP contribution is -2.33. The van der Waals surface area contributed by atoms with Gasteiger partial charge in [-0.2, -0.15) is 0 Å². The normalized spacial score (nSPS) is 17.5. The number of ether oxygens (including phenoxy) is 1. The Morgan fingerprint density at radius 3 is 2.73 bits per heavy atom. The first kappa shape index (κ1) is 16.8. The van der Waals surface area contributed by atoms with Crippen LogP contribution in [0.3, 0.4) is 0 Å². The van der Waals surface area contributed by atoms with Crippen molar-refractivity contribution >= 4 is 6.09 Å². The third kappa shape index (κ3) is 5.04. The molecule has 1 aliphatic carbocycles. The lowest BCUT2D eigenvalue weighted by atomic mass is 9.89. The van der Waals surface area contributed by atoms with Gasteiger partial charge in [-0.05, 0) is 39.0 Å². The van der Waals surface area contributed by atoms with E-state index in [9.17, 15) is 4.79 Å². The fourth-order valence-electron chi connectivity index (χ4n) is 3.10. The second kappa shape index (κ2) is 6.71. The minimum atomic E-state index is -0.455. The van der Waals surface area contributed by atoms with Gasteiger partial charge in [0.15, 0.2) is 0 Å². The van der Waals surface area contributed by atoms with Crippen LogP contribution < -0.4 is 5.32 Å². The largest absolute Gasteiger partial charge is 0.444 e. The molecule has 1 amide bonds. The van der Waals surface area contributed by atoms with Crippen LogP contribution in [0.1, 0.15) is 59.1 Å². The molecule has 1 N–H and O–H groups in total. The highest BCUT2D eigenvalue weighted by Gasteiger charge is 2.29. The Morgan fingerprint density at radius 2 is 2.09 bits per heavy atom. The molecular formula is C17H29N3O2. The van der Waals surface area contributed by atoms with Crippen molar-refractivity contribution in [3.8, 4) is 0 Å². The zero-order valence-electron chi connectivity index (χ0n) is 14.3. The fourth-order valence-corrected chi connectivity index (χ4v) is 3.10. The zero-order chi connectivity index (χ0) is 16.2. The zero-order valence-corrected chi connectivity index (χ0v) is 14.3. The maximum Gasteiger partial charge on any atom is 0.407 e. The molecule has 5 heteroatoms. The van der Waals surface area contributed by atoms with Crippen molar-refractivity contribution in [2.75, 3.05) is 6.54 Å². The summed E-state index contributed by atoms with van der Waals surface area (Å²) in [5, 5.41) is 2.81. The molecule has 1 aromatic rings. The Kier molecular flexibility index (Phi) is 5.14. The number of rotatable bonds is 5. The van der Waals surface area contributed by atoms with E-state index in [0.29, 0.717) is 12.0 Å². The highest BCUT2D eigenvalue weighted by atomic mass is 16.6. The van der Waals surface area contributed by atoms with Crippen LogP contribution in [0.4, 0.5) is 4.79 Å². The number of carbonyl (C=O) groups is 1. The van der Waals surface area contributed by atoms with E-state index >= 15 is 0 Å². The number of hydrogen-bond acceptors (Lipinski definition) is 3. The SMILES string of the molecule is CC1(Cn2cncc2CCNC(=O)OC(C)(C)C)CCCC1. The molecule has 2 rings (SSSR count). The first-order valence-electron chi connectivity index (χ1n) is 8.23. The van der Waals surface area contributed by atoms with E-state index < -0.39 is 5.60 Å². The average Bonchev–Trinajstić information content (AvgIpc) is 2.98. The summed E-state index contributed by atoms with van der Waals surface area (Å²) < 4.78 is 7.48. The van der Waals surface area contributed by atoms with Gasteiger partial charge < -0.3 is 14.6 Å². The molecule has 124 valence electrons. The molecule has 22 heavy (non-hydrogen) atoms. The Labute approximate surface area is 133 Å². The Bertz CT molecular complexity index is 496. The molecule has 1 fully saturated rings. The molecular weight excluding hydrogens is 278 g/mol. The molecule has 0 unspecified atom stereocenters. The first-order chi connectivity index (χ1) is 10.3. The second-order valence-electron chi connectivity index (χ2n) is 7.71. The molecule has 0 aliphatic heterocycles. The van der Waals surface area contributed by atoms with Gasteiger partial charge in [0, 0.05) is 31.4 Å². The number of nitrogens with one attached hydrogen (secondary N) is 1. The van der Waals surface area contributed by atoms with Crippen LogP contribution in [0.2, 0.25) is 0 Å². The molecule has 1 saturated carbocycles. The minimum absolute atomic E-state index is 0.360. The van der Waals surface area contributed by atoms with Crippen LogP contribution in [0.15, 0.2) is 12.5 Å². The van der Waals surface area contributed by atoms with Gasteiger partial charge in [-0.1, -0.05) is 19.8 Å². The predicted octanol–water partition coefficient (Wildman–Crippen LogP) is 3.53. The van der Waals surface area contributed by atoms with E-state index in [1.54, 1.807) is 0 Å². The summed E-state index contributed by atoms with van der Waals surface area (Å²) in [6.45, 7) is 9.55. The summed E-state index contributed by atoms with van der Waals surface area (Å²) in [4.78, 5) is 15.9. The molecule has 0 radical (unpaired) electrons. The van der Waals surface area contributed by atoms with Crippen molar-refractivity contribution in [1.29, 1.82) is 0 Å². The van der Waals surface area contributed by atoms with Gasteiger partial charge >= 0.3 is 6.09 Å². The van der Waals surface area contributed by atoms with Crippen LogP contribution in [0.5, 0.6) is 0 Å². The summed E-state index contributed by atoms with van der Waals surface area (Å²) in [6, 6.07) is 0. The number of carbonyl (C=O) groups excluding carboxylic acids is 1. The van der Waals surface area contributed by atoms with Crippen LogP contribution in [-0.4, -0.2) is 27.8 Å². The van der Waals surface area contributed by atoms with Crippen molar-refractivity contribution in [3.63, 3.8) is 0 Å². The van der Waals surface area contributed by atoms with E-state index in [2.05, 4.69) is 21.8 Å². The van der Waals surface area contributed by atoms with Gasteiger partial charge in [0.05, 0.1) is 6.33 Å². The fraction of sp³-hybridized carbons (Fsp3) is 0.765. The summed E-state index contributed by atoms with van der Waals surface area (Å²) in [7, 11) is 0. The van der Waals surface area contributed by atoms with Crippen molar-refractivity contribution in [2.45, 2.75) is 71.9 Å². The van der Waals surface area contributed by atoms with Crippen molar-refractivity contribution in [3.05, 3.63) is 18.2 Å². The highest BCUT2D eigenvalue weighted by Crippen LogP contribution is 2.39. The maximum absolute atomic E-state index is 11.6. The molecule has 0 atom stereocenters. The van der Waals surface area contributed by atoms with Gasteiger partial charge in [0.25, 0.3) is 0 Å². The number of aromatic nitrogens is 2. The van der Waals surface area contributed by atoms with Crippen molar-refractivity contribution in [1.82, 2.24) is 14.9 Å². The number of amides is 1. The van der Waals surface area contributed by atoms with E-state index in [-0.39, 0.29) is 6.09 Å². The third-order valence-electron chi connectivity index (χ3n) is 4.21. The molecule has 1 aromatic heterocycles. The molecule has 0 aromatic carbocycles. The second-order valence-corrected chi connectivity index (χ2v) is 7.71. The summed E-state index contributed by atoms with van der Waals surface area (Å²) in [5.74, 6) is 0. The number of imidazole rings is 1. The van der Waals surface area contributed by atoms with Crippen LogP contribution in [-0.2, 0) is 17.7 Å². The number of hydrogen-bond donors (Lipinski definition) is 1. The van der Waals surface area contributed by atoms with Crippen LogP contribution in [0, 0.1) is 5.41 Å². The van der Waals surface area contributed by atoms with E-state index in [1.165, 1.54) is 31.4 Å². The van der Waals surface area contributed by atoms with Crippen LogP contribution in [0.25, 0.3) is 0 Å². The molecule has 0 saturated heterocycles.